The van der Waals surface area contributed by atoms with Crippen molar-refractivity contribution in [2.24, 2.45) is 11.3 Å². The highest BCUT2D eigenvalue weighted by atomic mass is 35.5. The van der Waals surface area contributed by atoms with Gasteiger partial charge in [-0.15, -0.1) is 17.9 Å². The molecule has 7 rings (SSSR count). The van der Waals surface area contributed by atoms with Crippen LogP contribution in [0.1, 0.15) is 52.9 Å². The lowest BCUT2D eigenvalue weighted by atomic mass is 9.85. The smallest absolute Gasteiger partial charge is 0.259 e. The summed E-state index contributed by atoms with van der Waals surface area (Å²) < 4.78 is 67.1. The van der Waals surface area contributed by atoms with E-state index in [0.29, 0.717) is 50.8 Å². The molecule has 1 aliphatic heterocycles. The Morgan fingerprint density at radius 3 is 2.55 bits per heavy atom. The van der Waals surface area contributed by atoms with Crippen LogP contribution in [0, 0.1) is 23.0 Å². The molecule has 0 bridgehead atoms. The van der Waals surface area contributed by atoms with Gasteiger partial charge in [-0.3, -0.25) is 19.1 Å². The van der Waals surface area contributed by atoms with Gasteiger partial charge in [0.05, 0.1) is 30.8 Å². The first-order chi connectivity index (χ1) is 27.4. The molecule has 5 atom stereocenters. The Morgan fingerprint density at radius 1 is 1.14 bits per heavy atom. The van der Waals surface area contributed by atoms with Crippen molar-refractivity contribution in [1.29, 1.82) is 0 Å². The summed E-state index contributed by atoms with van der Waals surface area (Å²) in [6.07, 6.45) is 3.43. The minimum atomic E-state index is -3.89. The number of aromatic nitrogens is 2. The van der Waals surface area contributed by atoms with Crippen molar-refractivity contribution < 1.29 is 41.1 Å². The van der Waals surface area contributed by atoms with Crippen LogP contribution in [0.5, 0.6) is 11.6 Å². The maximum atomic E-state index is 14.8. The Bertz CT molecular complexity index is 2410. The van der Waals surface area contributed by atoms with Crippen molar-refractivity contribution in [3.8, 4) is 22.9 Å². The normalized spacial score (nSPS) is 22.3. The van der Waals surface area contributed by atoms with E-state index < -0.39 is 73.8 Å². The standard InChI is InChI=1S/C40H43ClF2N6O7S2/c1-6-22-17-40(22,37(52)48-58(53,54)26-9-10-26)47-33(50)16-24-15-25(56-35-28-14-23(41)8-11-27(28)32(55-5)18-44-35)19-49(24)36(51)34(39(2,3)4)46-38-45-31(20-57-38)21-7-12-29(42)30(43)13-21/h6-8,11-14,18,20,22,24-26,34H,1,9-10,15-17,19H2,2-5H3,(H,45,46)(H,47,50)(H,48,52)/t22-,24+,25-,34-,40-/m1/s1. The number of pyridine rings is 1. The number of anilines is 1. The predicted octanol–water partition coefficient (Wildman–Crippen LogP) is 6.23. The van der Waals surface area contributed by atoms with Gasteiger partial charge in [-0.2, -0.15) is 0 Å². The highest BCUT2D eigenvalue weighted by Gasteiger charge is 2.61. The lowest BCUT2D eigenvalue weighted by molar-refractivity contribution is -0.136. The molecule has 13 nitrogen and oxygen atoms in total. The van der Waals surface area contributed by atoms with E-state index in [9.17, 15) is 31.6 Å². The highest BCUT2D eigenvalue weighted by molar-refractivity contribution is 7.91. The van der Waals surface area contributed by atoms with Crippen LogP contribution >= 0.6 is 22.9 Å². The van der Waals surface area contributed by atoms with Crippen molar-refractivity contribution in [2.45, 2.75) is 81.9 Å². The Morgan fingerprint density at radius 2 is 1.90 bits per heavy atom. The van der Waals surface area contributed by atoms with E-state index in [1.165, 1.54) is 36.8 Å². The number of halogens is 3. The van der Waals surface area contributed by atoms with E-state index in [1.807, 2.05) is 20.8 Å². The second-order valence-electron chi connectivity index (χ2n) is 16.0. The molecule has 3 aliphatic rings. The quantitative estimate of drug-likeness (QED) is 0.124. The summed E-state index contributed by atoms with van der Waals surface area (Å²) in [5, 5.41) is 9.16. The summed E-state index contributed by atoms with van der Waals surface area (Å²) >= 11 is 7.55. The van der Waals surface area contributed by atoms with Gasteiger partial charge in [-0.05, 0) is 61.1 Å². The van der Waals surface area contributed by atoms with E-state index >= 15 is 0 Å². The van der Waals surface area contributed by atoms with Crippen molar-refractivity contribution >= 4 is 66.6 Å². The second-order valence-corrected chi connectivity index (χ2v) is 19.3. The van der Waals surface area contributed by atoms with Crippen molar-refractivity contribution in [3.05, 3.63) is 77.3 Å². The number of sulfonamides is 1. The average Bonchev–Trinajstić information content (AvgIpc) is 4.06. The lowest BCUT2D eigenvalue weighted by Gasteiger charge is -2.35. The molecule has 0 spiro atoms. The lowest BCUT2D eigenvalue weighted by Crippen LogP contribution is -2.54. The number of nitrogens with zero attached hydrogens (tertiary/aromatic N) is 3. The second kappa shape index (κ2) is 15.7. The van der Waals surface area contributed by atoms with Crippen molar-refractivity contribution in [3.63, 3.8) is 0 Å². The summed E-state index contributed by atoms with van der Waals surface area (Å²) in [7, 11) is -2.36. The van der Waals surface area contributed by atoms with Gasteiger partial charge in [0.15, 0.2) is 16.8 Å². The first-order valence-corrected chi connectivity index (χ1v) is 21.5. The molecule has 3 N–H and O–H groups in total. The molecular weight excluding hydrogens is 814 g/mol. The molecule has 2 aliphatic carbocycles. The Kier molecular flexibility index (Phi) is 11.2. The van der Waals surface area contributed by atoms with Crippen LogP contribution in [0.3, 0.4) is 0 Å². The van der Waals surface area contributed by atoms with Crippen LogP contribution in [0.15, 0.2) is 60.6 Å². The fraction of sp³-hybridized carbons (Fsp3) is 0.425. The maximum absolute atomic E-state index is 14.8. The highest BCUT2D eigenvalue weighted by Crippen LogP contribution is 2.45. The van der Waals surface area contributed by atoms with Gasteiger partial charge in [0, 0.05) is 51.5 Å². The molecule has 3 fully saturated rings. The number of carbonyl (C=O) groups excluding carboxylic acids is 3. The van der Waals surface area contributed by atoms with Crippen LogP contribution < -0.4 is 24.8 Å². The molecule has 2 aromatic heterocycles. The number of methoxy groups -OCH3 is 1. The molecule has 18 heteroatoms. The van der Waals surface area contributed by atoms with Crippen LogP contribution in [0.4, 0.5) is 13.9 Å². The van der Waals surface area contributed by atoms with Crippen LogP contribution in [0.25, 0.3) is 22.0 Å². The third-order valence-corrected chi connectivity index (χ3v) is 13.5. The zero-order chi connectivity index (χ0) is 41.7. The van der Waals surface area contributed by atoms with Gasteiger partial charge in [-0.25, -0.2) is 27.2 Å². The molecule has 2 aromatic carbocycles. The number of benzene rings is 2. The van der Waals surface area contributed by atoms with Crippen LogP contribution in [-0.4, -0.2) is 83.6 Å². The number of hydrogen-bond donors (Lipinski definition) is 3. The average molecular weight is 857 g/mol. The third kappa shape index (κ3) is 8.48. The summed E-state index contributed by atoms with van der Waals surface area (Å²) in [5.41, 5.74) is -1.46. The molecule has 0 unspecified atom stereocenters. The third-order valence-electron chi connectivity index (χ3n) is 10.7. The topological polar surface area (TPSA) is 169 Å². The zero-order valence-electron chi connectivity index (χ0n) is 32.2. The van der Waals surface area contributed by atoms with E-state index in [2.05, 4.69) is 31.9 Å². The Balaban J connectivity index is 1.16. The monoisotopic (exact) mass is 856 g/mol. The maximum Gasteiger partial charge on any atom is 0.259 e. The van der Waals surface area contributed by atoms with Gasteiger partial charge < -0.3 is 25.0 Å². The first kappa shape index (κ1) is 41.3. The first-order valence-electron chi connectivity index (χ1n) is 18.7. The van der Waals surface area contributed by atoms with E-state index in [4.69, 9.17) is 21.1 Å². The number of ether oxygens (including phenoxy) is 2. The molecule has 4 aromatic rings. The number of thiazole rings is 1. The van der Waals surface area contributed by atoms with Crippen molar-refractivity contribution in [2.75, 3.05) is 19.0 Å². The van der Waals surface area contributed by atoms with Crippen molar-refractivity contribution in [1.82, 2.24) is 24.9 Å². The summed E-state index contributed by atoms with van der Waals surface area (Å²) in [5.74, 6) is -3.49. The molecule has 308 valence electrons. The van der Waals surface area contributed by atoms with E-state index in [0.717, 1.165) is 12.1 Å². The van der Waals surface area contributed by atoms with Crippen LogP contribution in [0.2, 0.25) is 5.02 Å². The zero-order valence-corrected chi connectivity index (χ0v) is 34.6. The molecule has 3 amide bonds. The van der Waals surface area contributed by atoms with E-state index in [1.54, 1.807) is 28.5 Å². The number of rotatable bonds is 14. The molecular formula is C40H43ClF2N6O7S2. The summed E-state index contributed by atoms with van der Waals surface area (Å²) in [4.78, 5) is 52.7. The minimum absolute atomic E-state index is 0.0549. The van der Waals surface area contributed by atoms with Gasteiger partial charge in [0.25, 0.3) is 5.91 Å². The molecule has 2 saturated carbocycles. The molecule has 1 saturated heterocycles. The Labute approximate surface area is 343 Å². The number of carbonyl (C=O) groups is 3. The number of hydrogen-bond acceptors (Lipinski definition) is 11. The van der Waals surface area contributed by atoms with Gasteiger partial charge in [-0.1, -0.05) is 38.4 Å². The number of likely N-dealkylation sites (tertiary alicyclic amines) is 1. The summed E-state index contributed by atoms with van der Waals surface area (Å²) in [6.45, 7) is 9.43. The summed E-state index contributed by atoms with van der Waals surface area (Å²) in [6, 6.07) is 7.06. The fourth-order valence-electron chi connectivity index (χ4n) is 7.30. The minimum Gasteiger partial charge on any atom is -0.494 e. The largest absolute Gasteiger partial charge is 0.494 e. The predicted molar refractivity (Wildman–Crippen MR) is 216 cm³/mol. The molecule has 58 heavy (non-hydrogen) atoms. The number of nitrogens with one attached hydrogen (secondary N) is 3. The Hall–Kier alpha value is -4.87. The van der Waals surface area contributed by atoms with Gasteiger partial charge >= 0.3 is 0 Å². The number of fused-ring (bicyclic) bond motifs is 1. The van der Waals surface area contributed by atoms with Crippen LogP contribution in [-0.2, 0) is 24.4 Å². The number of amides is 3. The molecule has 0 radical (unpaired) electrons. The SMILES string of the molecule is C=C[C@@H]1C[C@]1(NC(=O)C[C@@H]1C[C@@H](Oc2ncc(OC)c3ccc(Cl)cc23)CN1C(=O)[C@@H](Nc1nc(-c2ccc(F)c(F)c2)cs1)C(C)(C)C)C(=O)NS(=O)(=O)C1CC1. The van der Waals surface area contributed by atoms with E-state index in [-0.39, 0.29) is 37.6 Å². The van der Waals surface area contributed by atoms with Gasteiger partial charge in [0.1, 0.15) is 23.4 Å². The fourth-order valence-corrected chi connectivity index (χ4v) is 9.58. The van der Waals surface area contributed by atoms with Gasteiger partial charge in [0.2, 0.25) is 27.7 Å². The molecule has 3 heterocycles.